The highest BCUT2D eigenvalue weighted by Gasteiger charge is 2.41. The molecule has 1 aliphatic heterocycles. The van der Waals surface area contributed by atoms with Crippen molar-refractivity contribution in [2.45, 2.75) is 18.9 Å². The van der Waals surface area contributed by atoms with E-state index < -0.39 is 26.6 Å². The molecule has 0 amide bonds. The molecule has 2 heterocycles. The summed E-state index contributed by atoms with van der Waals surface area (Å²) in [6, 6.07) is 1.07. The molecule has 1 N–H and O–H groups in total. The molecule has 0 aromatic carbocycles. The molecule has 0 radical (unpaired) electrons. The first-order chi connectivity index (χ1) is 7.73. The van der Waals surface area contributed by atoms with Gasteiger partial charge in [-0.15, -0.1) is 0 Å². The summed E-state index contributed by atoms with van der Waals surface area (Å²) in [5, 5.41) is -0.0549. The average Bonchev–Trinajstić information content (AvgIpc) is 2.38. The number of nitrogens with zero attached hydrogens (tertiary/aromatic N) is 1. The van der Waals surface area contributed by atoms with Crippen LogP contribution in [-0.4, -0.2) is 29.5 Å². The average molecular weight is 279 g/mol. The SMILES string of the molecule is CC1(n2c(=O)cc(Cl)[nH]c2=O)CCS(=O)(=O)C1. The summed E-state index contributed by atoms with van der Waals surface area (Å²) in [4.78, 5) is 25.7. The number of sulfone groups is 1. The Morgan fingerprint density at radius 1 is 1.47 bits per heavy atom. The van der Waals surface area contributed by atoms with Crippen molar-refractivity contribution >= 4 is 21.4 Å². The zero-order chi connectivity index (χ0) is 12.8. The number of H-pyrrole nitrogens is 1. The number of hydrogen-bond acceptors (Lipinski definition) is 4. The van der Waals surface area contributed by atoms with E-state index in [2.05, 4.69) is 4.98 Å². The van der Waals surface area contributed by atoms with Gasteiger partial charge in [0.25, 0.3) is 5.56 Å². The highest BCUT2D eigenvalue weighted by atomic mass is 35.5. The van der Waals surface area contributed by atoms with Gasteiger partial charge in [-0.25, -0.2) is 13.2 Å². The van der Waals surface area contributed by atoms with Crippen LogP contribution in [0, 0.1) is 0 Å². The Balaban J connectivity index is 2.64. The maximum Gasteiger partial charge on any atom is 0.330 e. The van der Waals surface area contributed by atoms with Gasteiger partial charge in [-0.05, 0) is 13.3 Å². The molecule has 17 heavy (non-hydrogen) atoms. The van der Waals surface area contributed by atoms with Gasteiger partial charge in [-0.1, -0.05) is 11.6 Å². The van der Waals surface area contributed by atoms with E-state index in [1.54, 1.807) is 6.92 Å². The quantitative estimate of drug-likeness (QED) is 0.716. The van der Waals surface area contributed by atoms with Crippen molar-refractivity contribution < 1.29 is 8.42 Å². The number of nitrogens with one attached hydrogen (secondary N) is 1. The lowest BCUT2D eigenvalue weighted by Gasteiger charge is -2.23. The van der Waals surface area contributed by atoms with Crippen LogP contribution in [0.25, 0.3) is 0 Å². The summed E-state index contributed by atoms with van der Waals surface area (Å²) < 4.78 is 23.8. The van der Waals surface area contributed by atoms with Crippen LogP contribution in [0.2, 0.25) is 5.15 Å². The molecule has 94 valence electrons. The molecule has 1 saturated heterocycles. The molecule has 0 saturated carbocycles. The first kappa shape index (κ1) is 12.4. The smallest absolute Gasteiger partial charge is 0.298 e. The third-order valence-electron chi connectivity index (χ3n) is 2.92. The van der Waals surface area contributed by atoms with Crippen LogP contribution in [-0.2, 0) is 15.4 Å². The summed E-state index contributed by atoms with van der Waals surface area (Å²) >= 11 is 5.54. The normalized spacial score (nSPS) is 27.2. The topological polar surface area (TPSA) is 89.0 Å². The van der Waals surface area contributed by atoms with E-state index >= 15 is 0 Å². The molecular weight excluding hydrogens is 268 g/mol. The number of hydrogen-bond donors (Lipinski definition) is 1. The minimum atomic E-state index is -3.19. The predicted molar refractivity (Wildman–Crippen MR) is 63.3 cm³/mol. The van der Waals surface area contributed by atoms with Crippen LogP contribution < -0.4 is 11.2 Å². The molecular formula is C9H11ClN2O4S. The van der Waals surface area contributed by atoms with Gasteiger partial charge in [0.1, 0.15) is 5.15 Å². The van der Waals surface area contributed by atoms with Gasteiger partial charge in [0, 0.05) is 6.07 Å². The molecule has 1 aromatic heterocycles. The first-order valence-corrected chi connectivity index (χ1v) is 7.16. The lowest BCUT2D eigenvalue weighted by atomic mass is 10.0. The molecule has 1 unspecified atom stereocenters. The summed E-state index contributed by atoms with van der Waals surface area (Å²) in [5.41, 5.74) is -2.26. The van der Waals surface area contributed by atoms with Gasteiger partial charge in [-0.2, -0.15) is 0 Å². The summed E-state index contributed by atoms with van der Waals surface area (Å²) in [7, 11) is -3.19. The fourth-order valence-corrected chi connectivity index (χ4v) is 4.44. The Morgan fingerprint density at radius 3 is 2.59 bits per heavy atom. The fraction of sp³-hybridized carbons (Fsp3) is 0.556. The van der Waals surface area contributed by atoms with Crippen molar-refractivity contribution in [3.05, 3.63) is 32.1 Å². The highest BCUT2D eigenvalue weighted by Crippen LogP contribution is 2.28. The summed E-state index contributed by atoms with van der Waals surface area (Å²) in [6.45, 7) is 1.59. The second kappa shape index (κ2) is 3.71. The zero-order valence-electron chi connectivity index (χ0n) is 9.07. The third kappa shape index (κ3) is 2.16. The molecule has 1 aliphatic rings. The Bertz CT molecular complexity index is 644. The Morgan fingerprint density at radius 2 is 2.12 bits per heavy atom. The van der Waals surface area contributed by atoms with Gasteiger partial charge < -0.3 is 0 Å². The number of halogens is 1. The number of aromatic amines is 1. The standard InChI is InChI=1S/C9H11ClN2O4S/c1-9(2-3-17(15,16)5-9)12-7(13)4-6(10)11-8(12)14/h4H,2-3,5H2,1H3,(H,11,14). The van der Waals surface area contributed by atoms with E-state index in [0.29, 0.717) is 0 Å². The molecule has 6 nitrogen and oxygen atoms in total. The van der Waals surface area contributed by atoms with E-state index in [1.165, 1.54) is 0 Å². The van der Waals surface area contributed by atoms with E-state index in [4.69, 9.17) is 11.6 Å². The monoisotopic (exact) mass is 278 g/mol. The van der Waals surface area contributed by atoms with E-state index in [1.807, 2.05) is 0 Å². The van der Waals surface area contributed by atoms with Gasteiger partial charge in [0.15, 0.2) is 9.84 Å². The van der Waals surface area contributed by atoms with Crippen LogP contribution in [0.4, 0.5) is 0 Å². The van der Waals surface area contributed by atoms with E-state index in [0.717, 1.165) is 10.6 Å². The van der Waals surface area contributed by atoms with Crippen LogP contribution >= 0.6 is 11.6 Å². The highest BCUT2D eigenvalue weighted by molar-refractivity contribution is 7.91. The zero-order valence-corrected chi connectivity index (χ0v) is 10.6. The lowest BCUT2D eigenvalue weighted by molar-refractivity contribution is 0.339. The molecule has 0 bridgehead atoms. The van der Waals surface area contributed by atoms with Gasteiger partial charge >= 0.3 is 5.69 Å². The van der Waals surface area contributed by atoms with Crippen molar-refractivity contribution in [2.75, 3.05) is 11.5 Å². The van der Waals surface area contributed by atoms with Gasteiger partial charge in [0.05, 0.1) is 17.0 Å². The van der Waals surface area contributed by atoms with Gasteiger partial charge in [0.2, 0.25) is 0 Å². The Labute approximate surface area is 102 Å². The molecule has 1 atom stereocenters. The molecule has 8 heteroatoms. The molecule has 0 spiro atoms. The fourth-order valence-electron chi connectivity index (χ4n) is 2.15. The first-order valence-electron chi connectivity index (χ1n) is 4.96. The van der Waals surface area contributed by atoms with E-state index in [-0.39, 0.29) is 23.1 Å². The molecule has 1 fully saturated rings. The van der Waals surface area contributed by atoms with Crippen molar-refractivity contribution in [2.24, 2.45) is 0 Å². The maximum atomic E-state index is 11.7. The second-order valence-electron chi connectivity index (χ2n) is 4.44. The summed E-state index contributed by atoms with van der Waals surface area (Å²) in [6.07, 6.45) is 0.250. The van der Waals surface area contributed by atoms with Gasteiger partial charge in [-0.3, -0.25) is 14.3 Å². The lowest BCUT2D eigenvalue weighted by Crippen LogP contribution is -2.48. The van der Waals surface area contributed by atoms with Crippen LogP contribution in [0.5, 0.6) is 0 Å². The molecule has 0 aliphatic carbocycles. The van der Waals surface area contributed by atoms with E-state index in [9.17, 15) is 18.0 Å². The van der Waals surface area contributed by atoms with Crippen LogP contribution in [0.1, 0.15) is 13.3 Å². The summed E-state index contributed by atoms with van der Waals surface area (Å²) in [5.74, 6) is -0.220. The van der Waals surface area contributed by atoms with Crippen molar-refractivity contribution in [1.82, 2.24) is 9.55 Å². The van der Waals surface area contributed by atoms with Crippen LogP contribution in [0.3, 0.4) is 0 Å². The van der Waals surface area contributed by atoms with Crippen molar-refractivity contribution in [1.29, 1.82) is 0 Å². The Hall–Kier alpha value is -1.08. The second-order valence-corrected chi connectivity index (χ2v) is 7.03. The van der Waals surface area contributed by atoms with Crippen LogP contribution in [0.15, 0.2) is 15.7 Å². The molecule has 2 rings (SSSR count). The predicted octanol–water partition coefficient (Wildman–Crippen LogP) is -0.276. The Kier molecular flexibility index (Phi) is 2.70. The number of aromatic nitrogens is 2. The minimum Gasteiger partial charge on any atom is -0.298 e. The third-order valence-corrected chi connectivity index (χ3v) is 5.01. The number of rotatable bonds is 1. The maximum absolute atomic E-state index is 11.7. The van der Waals surface area contributed by atoms with Crippen molar-refractivity contribution in [3.8, 4) is 0 Å². The largest absolute Gasteiger partial charge is 0.330 e. The molecule has 1 aromatic rings. The minimum absolute atomic E-state index is 0.0159. The van der Waals surface area contributed by atoms with Crippen molar-refractivity contribution in [3.63, 3.8) is 0 Å².